The molecule has 0 amide bonds. The van der Waals surface area contributed by atoms with Crippen LogP contribution in [0.4, 0.5) is 34.1 Å². The average molecular weight is 1820 g/mol. The minimum atomic E-state index is -0.472. The van der Waals surface area contributed by atoms with Crippen LogP contribution in [0.3, 0.4) is 0 Å². The lowest BCUT2D eigenvalue weighted by Gasteiger charge is -2.33. The topological polar surface area (TPSA) is 6.48 Å². The molecule has 23 aromatic rings. The fraction of sp³-hybridized carbons (Fsp3) is 0.0282. The van der Waals surface area contributed by atoms with Crippen LogP contribution in [-0.2, 0) is 21.7 Å². The third-order valence-corrected chi connectivity index (χ3v) is 33.0. The zero-order valence-corrected chi connectivity index (χ0v) is 78.9. The molecule has 0 radical (unpaired) electrons. The molecular weight excluding hydrogens is 1730 g/mol. The maximum absolute atomic E-state index is 2.46. The predicted octanol–water partition coefficient (Wildman–Crippen LogP) is 36.0. The highest BCUT2D eigenvalue weighted by Gasteiger charge is 2.58. The Kier molecular flexibility index (Phi) is 17.9. The summed E-state index contributed by atoms with van der Waals surface area (Å²) in [6, 6.07) is 205. The van der Waals surface area contributed by atoms with Crippen molar-refractivity contribution in [2.75, 3.05) is 9.80 Å². The number of hydrogen-bond acceptors (Lipinski definition) is 2. The Morgan fingerprint density at radius 1 is 0.0972 bits per heavy atom. The molecule has 0 saturated carbocycles. The van der Waals surface area contributed by atoms with Crippen LogP contribution in [0.15, 0.2) is 546 Å². The molecule has 4 spiro atoms. The Balaban J connectivity index is 0.000000135. The minimum absolute atomic E-state index is 0.452. The van der Waals surface area contributed by atoms with Gasteiger partial charge in [-0.25, -0.2) is 0 Å². The number of para-hydroxylation sites is 1. The lowest BCUT2D eigenvalue weighted by Crippen LogP contribution is -2.26. The lowest BCUT2D eigenvalue weighted by molar-refractivity contribution is 0.795. The largest absolute Gasteiger partial charge is 0.310 e. The summed E-state index contributed by atoms with van der Waals surface area (Å²) in [7, 11) is 0. The van der Waals surface area contributed by atoms with Gasteiger partial charge in [0, 0.05) is 34.1 Å². The first-order valence-corrected chi connectivity index (χ1v) is 50.4. The second-order valence-corrected chi connectivity index (χ2v) is 39.6. The third-order valence-electron chi connectivity index (χ3n) is 33.0. The van der Waals surface area contributed by atoms with Gasteiger partial charge in [0.1, 0.15) is 0 Å². The standard InChI is InChI=1S/C74H47N.C68H43N/c1-2-20-48(21-3-1)49-42-44-52(45-43-49)75(53-24-16-22-50(46-53)55-32-18-34-63-61-30-8-14-40-69(61)73(71(55)63)65-36-10-4-26-57(65)58-27-5-11-37-66(58)73)54-25-17-23-51(47-54)56-33-19-35-64-62-31-9-15-41-70(62)74(72(56)64)67-38-12-6-28-59(67)60-29-7-13-39-68(60)74;1-2-22-46(23-3-1)69(47-24-16-20-44(42-47)49-32-18-34-57-55-30-8-14-40-63(55)67(65(49)57)59-36-10-4-26-51(59)52-27-5-11-37-60(52)67)48-25-17-21-45(43-48)50-33-19-35-58-56-31-9-15-41-64(56)68(66(50)58)61-38-12-6-28-53(61)54-29-7-13-39-62(54)68/h1-47H;1-43H. The van der Waals surface area contributed by atoms with E-state index in [1.807, 2.05) is 0 Å². The Bertz CT molecular complexity index is 8580. The molecule has 0 bridgehead atoms. The van der Waals surface area contributed by atoms with Crippen molar-refractivity contribution in [2.24, 2.45) is 0 Å². The van der Waals surface area contributed by atoms with E-state index in [1.54, 1.807) is 0 Å². The highest BCUT2D eigenvalue weighted by Crippen LogP contribution is 2.71. The van der Waals surface area contributed by atoms with Gasteiger partial charge in [-0.05, 0) is 306 Å². The third kappa shape index (κ3) is 11.2. The van der Waals surface area contributed by atoms with Gasteiger partial charge in [0.05, 0.1) is 21.7 Å². The number of rotatable bonds is 11. The van der Waals surface area contributed by atoms with Crippen molar-refractivity contribution in [1.29, 1.82) is 0 Å². The van der Waals surface area contributed by atoms with E-state index in [2.05, 4.69) is 556 Å². The van der Waals surface area contributed by atoms with Gasteiger partial charge in [0.25, 0.3) is 0 Å². The van der Waals surface area contributed by atoms with E-state index < -0.39 is 21.7 Å². The van der Waals surface area contributed by atoms with Crippen molar-refractivity contribution in [3.8, 4) is 145 Å². The summed E-state index contributed by atoms with van der Waals surface area (Å²) in [4.78, 5) is 4.90. The molecule has 0 N–H and O–H groups in total. The molecule has 2 nitrogen and oxygen atoms in total. The number of benzene rings is 23. The lowest BCUT2D eigenvalue weighted by atomic mass is 9.68. The fourth-order valence-electron chi connectivity index (χ4n) is 27.7. The molecule has 0 heterocycles. The Morgan fingerprint density at radius 3 is 0.465 bits per heavy atom. The zero-order valence-electron chi connectivity index (χ0n) is 78.9. The first-order chi connectivity index (χ1) is 71.5. The predicted molar refractivity (Wildman–Crippen MR) is 595 cm³/mol. The fourth-order valence-corrected chi connectivity index (χ4v) is 27.7. The highest BCUT2D eigenvalue weighted by molar-refractivity contribution is 6.06. The van der Waals surface area contributed by atoms with Crippen molar-refractivity contribution < 1.29 is 0 Å². The van der Waals surface area contributed by atoms with Crippen LogP contribution in [0.25, 0.3) is 145 Å². The number of anilines is 6. The average Bonchev–Trinajstić information content (AvgIpc) is 1.52. The number of hydrogen-bond donors (Lipinski definition) is 0. The van der Waals surface area contributed by atoms with Crippen LogP contribution >= 0.6 is 0 Å². The number of fused-ring (bicyclic) bond motifs is 40. The van der Waals surface area contributed by atoms with Gasteiger partial charge in [-0.3, -0.25) is 0 Å². The van der Waals surface area contributed by atoms with Crippen molar-refractivity contribution in [3.63, 3.8) is 0 Å². The normalized spacial score (nSPS) is 13.9. The summed E-state index contributed by atoms with van der Waals surface area (Å²) < 4.78 is 0. The monoisotopic (exact) mass is 1820 g/mol. The summed E-state index contributed by atoms with van der Waals surface area (Å²) in [6.07, 6.45) is 0. The van der Waals surface area contributed by atoms with Crippen LogP contribution < -0.4 is 9.80 Å². The summed E-state index contributed by atoms with van der Waals surface area (Å²) in [5, 5.41) is 0. The second-order valence-electron chi connectivity index (χ2n) is 39.6. The van der Waals surface area contributed by atoms with Crippen LogP contribution in [0, 0.1) is 0 Å². The van der Waals surface area contributed by atoms with Crippen molar-refractivity contribution in [2.45, 2.75) is 21.7 Å². The quantitative estimate of drug-likeness (QED) is 0.127. The molecule has 0 unspecified atom stereocenters. The molecular formula is C142H90N2. The van der Waals surface area contributed by atoms with Gasteiger partial charge >= 0.3 is 0 Å². The van der Waals surface area contributed by atoms with Crippen molar-refractivity contribution >= 4 is 34.1 Å². The Labute approximate surface area is 839 Å². The van der Waals surface area contributed by atoms with E-state index in [1.165, 1.54) is 234 Å². The maximum atomic E-state index is 2.46. The second kappa shape index (κ2) is 31.6. The number of nitrogens with zero attached hydrogens (tertiary/aromatic N) is 2. The van der Waals surface area contributed by atoms with E-state index in [9.17, 15) is 0 Å². The Morgan fingerprint density at radius 2 is 0.243 bits per heavy atom. The van der Waals surface area contributed by atoms with Gasteiger partial charge in [0.2, 0.25) is 0 Å². The highest BCUT2D eigenvalue weighted by atomic mass is 15.1. The SMILES string of the molecule is c1ccc(-c2ccc(N(c3cccc(-c4cccc5c4C4(c6ccccc6-c6ccccc64)c4ccccc4-5)c3)c3cccc(-c4cccc5c4C4(c6ccccc6-c6ccccc64)c4ccccc4-5)c3)cc2)cc1.c1ccc(N(c2cccc(-c3cccc4c3C3(c5ccccc5-c5ccccc53)c3ccccc3-4)c2)c2cccc(-c3cccc4c3C3(c5ccccc5-c5ccccc53)c3ccccc3-4)c2)cc1. The molecule has 0 fully saturated rings. The van der Waals surface area contributed by atoms with Gasteiger partial charge in [-0.15, -0.1) is 0 Å². The molecule has 31 rings (SSSR count). The van der Waals surface area contributed by atoms with Gasteiger partial charge in [0.15, 0.2) is 0 Å². The first kappa shape index (κ1) is 81.6. The molecule has 23 aromatic carbocycles. The first-order valence-electron chi connectivity index (χ1n) is 50.4. The van der Waals surface area contributed by atoms with Gasteiger partial charge in [-0.1, -0.05) is 473 Å². The minimum Gasteiger partial charge on any atom is -0.310 e. The van der Waals surface area contributed by atoms with Crippen LogP contribution in [-0.4, -0.2) is 0 Å². The Hall–Kier alpha value is -18.3. The van der Waals surface area contributed by atoms with Crippen LogP contribution in [0.5, 0.6) is 0 Å². The molecule has 8 aliphatic carbocycles. The zero-order chi connectivity index (χ0) is 94.5. The smallest absolute Gasteiger partial charge is 0.0731 e. The molecule has 0 aromatic heterocycles. The summed E-state index contributed by atoms with van der Waals surface area (Å²) in [6.45, 7) is 0. The van der Waals surface area contributed by atoms with E-state index in [0.29, 0.717) is 0 Å². The molecule has 0 aliphatic heterocycles. The molecule has 668 valence electrons. The van der Waals surface area contributed by atoms with E-state index in [0.717, 1.165) is 34.1 Å². The van der Waals surface area contributed by atoms with Gasteiger partial charge in [-0.2, -0.15) is 0 Å². The molecule has 0 atom stereocenters. The molecule has 2 heteroatoms. The van der Waals surface area contributed by atoms with Crippen molar-refractivity contribution in [3.05, 3.63) is 635 Å². The van der Waals surface area contributed by atoms with Crippen molar-refractivity contribution in [1.82, 2.24) is 0 Å². The molecule has 144 heavy (non-hydrogen) atoms. The van der Waals surface area contributed by atoms with Gasteiger partial charge < -0.3 is 9.80 Å². The maximum Gasteiger partial charge on any atom is 0.0731 e. The summed E-state index contributed by atoms with van der Waals surface area (Å²) in [5.74, 6) is 0. The van der Waals surface area contributed by atoms with Crippen LogP contribution in [0.1, 0.15) is 89.0 Å². The molecule has 8 aliphatic rings. The van der Waals surface area contributed by atoms with Crippen LogP contribution in [0.2, 0.25) is 0 Å². The van der Waals surface area contributed by atoms with E-state index in [-0.39, 0.29) is 0 Å². The molecule has 0 saturated heterocycles. The summed E-state index contributed by atoms with van der Waals surface area (Å²) >= 11 is 0. The summed E-state index contributed by atoms with van der Waals surface area (Å²) in [5.41, 5.74) is 59.4. The van der Waals surface area contributed by atoms with E-state index in [4.69, 9.17) is 0 Å². The van der Waals surface area contributed by atoms with E-state index >= 15 is 0 Å².